The van der Waals surface area contributed by atoms with E-state index in [-0.39, 0.29) is 5.82 Å². The van der Waals surface area contributed by atoms with Crippen molar-refractivity contribution in [3.8, 4) is 0 Å². The zero-order valence-electron chi connectivity index (χ0n) is 12.0. The number of nitrogens with one attached hydrogen (secondary N) is 1. The van der Waals surface area contributed by atoms with Crippen molar-refractivity contribution in [1.29, 1.82) is 0 Å². The highest BCUT2D eigenvalue weighted by Crippen LogP contribution is 2.27. The largest absolute Gasteiger partial charge is 0.369 e. The zero-order chi connectivity index (χ0) is 15.2. The lowest BCUT2D eigenvalue weighted by atomic mass is 10.3. The van der Waals surface area contributed by atoms with Gasteiger partial charge < -0.3 is 5.32 Å². The van der Waals surface area contributed by atoms with E-state index >= 15 is 0 Å². The first kappa shape index (κ1) is 16.2. The highest BCUT2D eigenvalue weighted by molar-refractivity contribution is 9.10. The van der Waals surface area contributed by atoms with Crippen molar-refractivity contribution in [2.75, 3.05) is 11.9 Å². The molecule has 0 aliphatic carbocycles. The summed E-state index contributed by atoms with van der Waals surface area (Å²) in [5, 5.41) is 3.23. The van der Waals surface area contributed by atoms with E-state index in [2.05, 4.69) is 38.1 Å². The smallest absolute Gasteiger partial charge is 0.144 e. The minimum absolute atomic E-state index is 0.223. The third-order valence-electron chi connectivity index (χ3n) is 2.81. The van der Waals surface area contributed by atoms with Gasteiger partial charge in [-0.3, -0.25) is 0 Å². The number of rotatable bonds is 6. The molecular weight excluding hydrogens is 353 g/mol. The third kappa shape index (κ3) is 4.41. The summed E-state index contributed by atoms with van der Waals surface area (Å²) in [5.41, 5.74) is 0.982. The molecule has 0 unspecified atom stereocenters. The number of thioether (sulfide) groups is 1. The van der Waals surface area contributed by atoms with Crippen LogP contribution >= 0.6 is 27.7 Å². The second-order valence-electron chi connectivity index (χ2n) is 4.38. The first-order valence-corrected chi connectivity index (χ1v) is 8.59. The monoisotopic (exact) mass is 369 g/mol. The summed E-state index contributed by atoms with van der Waals surface area (Å²) in [6.45, 7) is 4.89. The number of halogens is 2. The Hall–Kier alpha value is -1.14. The van der Waals surface area contributed by atoms with Crippen LogP contribution in [0, 0.1) is 5.82 Å². The predicted octanol–water partition coefficient (Wildman–Crippen LogP) is 4.66. The van der Waals surface area contributed by atoms with Gasteiger partial charge in [-0.1, -0.05) is 13.0 Å². The Balaban J connectivity index is 2.17. The minimum atomic E-state index is -0.223. The molecule has 21 heavy (non-hydrogen) atoms. The molecule has 0 atom stereocenters. The molecule has 2 rings (SSSR count). The van der Waals surface area contributed by atoms with Gasteiger partial charge in [0, 0.05) is 11.4 Å². The van der Waals surface area contributed by atoms with Crippen molar-refractivity contribution in [1.82, 2.24) is 9.97 Å². The van der Waals surface area contributed by atoms with Crippen LogP contribution in [0.4, 0.5) is 10.2 Å². The Kier molecular flexibility index (Phi) is 5.99. The van der Waals surface area contributed by atoms with Gasteiger partial charge in [-0.15, -0.1) is 11.8 Å². The van der Waals surface area contributed by atoms with Gasteiger partial charge in [-0.05, 0) is 47.5 Å². The second-order valence-corrected chi connectivity index (χ2v) is 6.22. The van der Waals surface area contributed by atoms with E-state index in [1.165, 1.54) is 23.9 Å². The maximum Gasteiger partial charge on any atom is 0.144 e. The average Bonchev–Trinajstić information content (AvgIpc) is 2.48. The van der Waals surface area contributed by atoms with Gasteiger partial charge in [0.2, 0.25) is 0 Å². The Labute approximate surface area is 136 Å². The molecule has 0 bridgehead atoms. The predicted molar refractivity (Wildman–Crippen MR) is 89.2 cm³/mol. The van der Waals surface area contributed by atoms with Gasteiger partial charge in [0.1, 0.15) is 17.5 Å². The standard InChI is InChI=1S/C15H17BrFN3S/c1-3-12-14(16)15(18-4-2)20-13(19-12)9-21-11-7-5-6-10(17)8-11/h5-8H,3-4,9H2,1-2H3,(H,18,19,20). The number of benzene rings is 1. The van der Waals surface area contributed by atoms with E-state index in [1.54, 1.807) is 6.07 Å². The van der Waals surface area contributed by atoms with Crippen LogP contribution in [-0.4, -0.2) is 16.5 Å². The topological polar surface area (TPSA) is 37.8 Å². The molecule has 6 heteroatoms. The maximum atomic E-state index is 13.2. The van der Waals surface area contributed by atoms with Crippen molar-refractivity contribution in [2.24, 2.45) is 0 Å². The summed E-state index contributed by atoms with van der Waals surface area (Å²) in [7, 11) is 0. The van der Waals surface area contributed by atoms with Crippen LogP contribution in [0.3, 0.4) is 0 Å². The van der Waals surface area contributed by atoms with Crippen molar-refractivity contribution < 1.29 is 4.39 Å². The summed E-state index contributed by atoms with van der Waals surface area (Å²) in [4.78, 5) is 9.96. The molecule has 1 aromatic heterocycles. The fourth-order valence-electron chi connectivity index (χ4n) is 1.83. The van der Waals surface area contributed by atoms with Crippen LogP contribution in [0.15, 0.2) is 33.6 Å². The molecule has 112 valence electrons. The number of aryl methyl sites for hydroxylation is 1. The van der Waals surface area contributed by atoms with Gasteiger partial charge in [-0.2, -0.15) is 0 Å². The van der Waals surface area contributed by atoms with E-state index in [9.17, 15) is 4.39 Å². The fourth-order valence-corrected chi connectivity index (χ4v) is 3.23. The number of hydrogen-bond acceptors (Lipinski definition) is 4. The highest BCUT2D eigenvalue weighted by Gasteiger charge is 2.11. The molecule has 3 nitrogen and oxygen atoms in total. The van der Waals surface area contributed by atoms with Gasteiger partial charge in [0.05, 0.1) is 15.9 Å². The summed E-state index contributed by atoms with van der Waals surface area (Å²) < 4.78 is 14.1. The van der Waals surface area contributed by atoms with Crippen LogP contribution in [0.5, 0.6) is 0 Å². The Morgan fingerprint density at radius 3 is 2.76 bits per heavy atom. The second kappa shape index (κ2) is 7.75. The normalized spacial score (nSPS) is 10.7. The molecule has 0 saturated heterocycles. The Morgan fingerprint density at radius 2 is 2.10 bits per heavy atom. The molecule has 1 N–H and O–H groups in total. The lowest BCUT2D eigenvalue weighted by molar-refractivity contribution is 0.624. The molecule has 0 fully saturated rings. The van der Waals surface area contributed by atoms with Crippen LogP contribution in [-0.2, 0) is 12.2 Å². The van der Waals surface area contributed by atoms with Crippen LogP contribution in [0.2, 0.25) is 0 Å². The molecule has 0 saturated carbocycles. The van der Waals surface area contributed by atoms with Crippen LogP contribution in [0.25, 0.3) is 0 Å². The van der Waals surface area contributed by atoms with Crippen LogP contribution < -0.4 is 5.32 Å². The molecular formula is C15H17BrFN3S. The van der Waals surface area contributed by atoms with Crippen molar-refractivity contribution in [3.05, 3.63) is 46.1 Å². The van der Waals surface area contributed by atoms with Gasteiger partial charge in [-0.25, -0.2) is 14.4 Å². The van der Waals surface area contributed by atoms with Crippen molar-refractivity contribution in [2.45, 2.75) is 30.9 Å². The SMILES string of the molecule is CCNc1nc(CSc2cccc(F)c2)nc(CC)c1Br. The summed E-state index contributed by atoms with van der Waals surface area (Å²) in [5.74, 6) is 1.96. The van der Waals surface area contributed by atoms with Crippen LogP contribution in [0.1, 0.15) is 25.4 Å². The van der Waals surface area contributed by atoms with Crippen molar-refractivity contribution >= 4 is 33.5 Å². The molecule has 0 amide bonds. The Morgan fingerprint density at radius 1 is 1.29 bits per heavy atom. The lowest BCUT2D eigenvalue weighted by Crippen LogP contribution is -2.07. The van der Waals surface area contributed by atoms with Gasteiger partial charge in [0.15, 0.2) is 0 Å². The molecule has 0 aliphatic rings. The molecule has 0 aliphatic heterocycles. The zero-order valence-corrected chi connectivity index (χ0v) is 14.4. The molecule has 2 aromatic rings. The fraction of sp³-hybridized carbons (Fsp3) is 0.333. The first-order chi connectivity index (χ1) is 10.1. The van der Waals surface area contributed by atoms with E-state index in [0.717, 1.165) is 39.7 Å². The van der Waals surface area contributed by atoms with Gasteiger partial charge in [0.25, 0.3) is 0 Å². The molecule has 0 radical (unpaired) electrons. The van der Waals surface area contributed by atoms with Gasteiger partial charge >= 0.3 is 0 Å². The minimum Gasteiger partial charge on any atom is -0.369 e. The number of aromatic nitrogens is 2. The summed E-state index contributed by atoms with van der Waals surface area (Å²) in [6.07, 6.45) is 0.832. The third-order valence-corrected chi connectivity index (χ3v) is 4.63. The van der Waals surface area contributed by atoms with E-state index in [1.807, 2.05) is 13.0 Å². The molecule has 1 aromatic carbocycles. The van der Waals surface area contributed by atoms with E-state index < -0.39 is 0 Å². The number of nitrogens with zero attached hydrogens (tertiary/aromatic N) is 2. The lowest BCUT2D eigenvalue weighted by Gasteiger charge is -2.11. The quantitative estimate of drug-likeness (QED) is 0.751. The first-order valence-electron chi connectivity index (χ1n) is 6.81. The molecule has 1 heterocycles. The van der Waals surface area contributed by atoms with Crippen molar-refractivity contribution in [3.63, 3.8) is 0 Å². The van der Waals surface area contributed by atoms with E-state index in [4.69, 9.17) is 0 Å². The average molecular weight is 370 g/mol. The number of hydrogen-bond donors (Lipinski definition) is 1. The summed E-state index contributed by atoms with van der Waals surface area (Å²) in [6, 6.07) is 6.56. The Bertz CT molecular complexity index is 622. The molecule has 0 spiro atoms. The highest BCUT2D eigenvalue weighted by atomic mass is 79.9. The van der Waals surface area contributed by atoms with E-state index in [0.29, 0.717) is 5.75 Å². The summed E-state index contributed by atoms with van der Waals surface area (Å²) >= 11 is 5.07. The maximum absolute atomic E-state index is 13.2. The number of anilines is 1.